The first-order valence-electron chi connectivity index (χ1n) is 8.46. The first-order valence-corrected chi connectivity index (χ1v) is 8.46. The highest BCUT2D eigenvalue weighted by molar-refractivity contribution is 5.74. The van der Waals surface area contributed by atoms with Crippen LogP contribution < -0.4 is 10.1 Å². The van der Waals surface area contributed by atoms with Crippen LogP contribution in [0.15, 0.2) is 18.2 Å². The van der Waals surface area contributed by atoms with Crippen LogP contribution in [0, 0.1) is 6.92 Å². The van der Waals surface area contributed by atoms with Crippen molar-refractivity contribution in [3.63, 3.8) is 0 Å². The molecule has 2 N–H and O–H groups in total. The lowest BCUT2D eigenvalue weighted by molar-refractivity contribution is 0.0841. The topological polar surface area (TPSA) is 61.8 Å². The number of carbonyl (C=O) groups is 1. The van der Waals surface area contributed by atoms with Crippen molar-refractivity contribution in [2.75, 3.05) is 13.1 Å². The van der Waals surface area contributed by atoms with E-state index in [1.807, 2.05) is 32.0 Å². The van der Waals surface area contributed by atoms with Gasteiger partial charge in [0.1, 0.15) is 5.75 Å². The van der Waals surface area contributed by atoms with Crippen LogP contribution in [0.1, 0.15) is 44.2 Å². The predicted molar refractivity (Wildman–Crippen MR) is 90.6 cm³/mol. The number of aliphatic hydroxyl groups excluding tert-OH is 1. The van der Waals surface area contributed by atoms with E-state index >= 15 is 0 Å². The molecule has 5 heteroatoms. The van der Waals surface area contributed by atoms with Gasteiger partial charge in [-0.3, -0.25) is 0 Å². The summed E-state index contributed by atoms with van der Waals surface area (Å²) in [5.41, 5.74) is 2.11. The van der Waals surface area contributed by atoms with Crippen molar-refractivity contribution < 1.29 is 14.6 Å². The van der Waals surface area contributed by atoms with E-state index < -0.39 is 6.10 Å². The Kier molecular flexibility index (Phi) is 6.28. The van der Waals surface area contributed by atoms with Gasteiger partial charge >= 0.3 is 6.03 Å². The lowest BCUT2D eigenvalue weighted by Gasteiger charge is -2.30. The van der Waals surface area contributed by atoms with Crippen molar-refractivity contribution in [1.29, 1.82) is 0 Å². The van der Waals surface area contributed by atoms with Crippen LogP contribution in [0.5, 0.6) is 5.75 Å². The molecule has 0 bridgehead atoms. The quantitative estimate of drug-likeness (QED) is 0.877. The average molecular weight is 320 g/mol. The first kappa shape index (κ1) is 17.6. The van der Waals surface area contributed by atoms with Crippen LogP contribution in [0.3, 0.4) is 0 Å². The van der Waals surface area contributed by atoms with Crippen LogP contribution in [0.4, 0.5) is 4.79 Å². The summed E-state index contributed by atoms with van der Waals surface area (Å²) in [6, 6.07) is 5.91. The van der Waals surface area contributed by atoms with Gasteiger partial charge in [-0.05, 0) is 44.7 Å². The Morgan fingerprint density at radius 2 is 2.30 bits per heavy atom. The Balaban J connectivity index is 1.97. The minimum Gasteiger partial charge on any atom is -0.490 e. The summed E-state index contributed by atoms with van der Waals surface area (Å²) >= 11 is 0. The lowest BCUT2D eigenvalue weighted by Crippen LogP contribution is -2.46. The number of likely N-dealkylation sites (tertiary alicyclic amines) is 1. The van der Waals surface area contributed by atoms with E-state index in [-0.39, 0.29) is 12.1 Å². The van der Waals surface area contributed by atoms with Crippen molar-refractivity contribution in [2.24, 2.45) is 0 Å². The molecule has 0 spiro atoms. The fourth-order valence-corrected chi connectivity index (χ4v) is 2.64. The van der Waals surface area contributed by atoms with Gasteiger partial charge in [0, 0.05) is 25.2 Å². The fraction of sp³-hybridized carbons (Fsp3) is 0.611. The van der Waals surface area contributed by atoms with E-state index in [4.69, 9.17) is 4.74 Å². The number of hydrogen-bond acceptors (Lipinski definition) is 3. The van der Waals surface area contributed by atoms with Crippen LogP contribution in [0.25, 0.3) is 0 Å². The minimum absolute atomic E-state index is 0.126. The summed E-state index contributed by atoms with van der Waals surface area (Å²) in [6.45, 7) is 7.70. The molecule has 2 atom stereocenters. The smallest absolute Gasteiger partial charge is 0.317 e. The zero-order valence-corrected chi connectivity index (χ0v) is 14.3. The number of benzene rings is 1. The standard InChI is InChI=1S/C18H28N2O3/c1-4-14(3)23-17-10-13(2)7-8-15(17)11-19-18(22)20-9-5-6-16(21)12-20/h7-8,10,14,16,21H,4-6,9,11-12H2,1-3H3,(H,19,22). The number of amides is 2. The third-order valence-electron chi connectivity index (χ3n) is 4.24. The van der Waals surface area contributed by atoms with Gasteiger partial charge < -0.3 is 20.1 Å². The number of rotatable bonds is 5. The molecule has 0 aromatic heterocycles. The number of β-amino-alcohol motifs (C(OH)–C–C–N with tert-alkyl or cyclic N) is 1. The Hall–Kier alpha value is -1.75. The van der Waals surface area contributed by atoms with E-state index in [9.17, 15) is 9.90 Å². The second-order valence-corrected chi connectivity index (χ2v) is 6.35. The Morgan fingerprint density at radius 1 is 1.52 bits per heavy atom. The summed E-state index contributed by atoms with van der Waals surface area (Å²) in [6.07, 6.45) is 2.29. The van der Waals surface area contributed by atoms with Gasteiger partial charge in [0.2, 0.25) is 0 Å². The molecule has 2 amide bonds. The highest BCUT2D eigenvalue weighted by Crippen LogP contribution is 2.22. The molecular weight excluding hydrogens is 292 g/mol. The van der Waals surface area contributed by atoms with Gasteiger partial charge in [-0.25, -0.2) is 4.79 Å². The molecule has 1 saturated heterocycles. The molecule has 1 aliphatic rings. The molecule has 2 unspecified atom stereocenters. The van der Waals surface area contributed by atoms with Crippen LogP contribution in [-0.4, -0.2) is 41.3 Å². The first-order chi connectivity index (χ1) is 11.0. The molecule has 1 aliphatic heterocycles. The zero-order chi connectivity index (χ0) is 16.8. The number of nitrogens with one attached hydrogen (secondary N) is 1. The maximum atomic E-state index is 12.2. The Morgan fingerprint density at radius 3 is 3.00 bits per heavy atom. The lowest BCUT2D eigenvalue weighted by atomic mass is 10.1. The number of aliphatic hydroxyl groups is 1. The maximum absolute atomic E-state index is 12.2. The van der Waals surface area contributed by atoms with Crippen LogP contribution in [0.2, 0.25) is 0 Å². The summed E-state index contributed by atoms with van der Waals surface area (Å²) < 4.78 is 5.97. The number of hydrogen-bond donors (Lipinski definition) is 2. The van der Waals surface area contributed by atoms with Crippen molar-refractivity contribution in [2.45, 2.75) is 58.8 Å². The van der Waals surface area contributed by atoms with Crippen molar-refractivity contribution in [3.05, 3.63) is 29.3 Å². The number of ether oxygens (including phenoxy) is 1. The number of aryl methyl sites for hydroxylation is 1. The van der Waals surface area contributed by atoms with Crippen molar-refractivity contribution in [3.8, 4) is 5.75 Å². The second kappa shape index (κ2) is 8.20. The third kappa shape index (κ3) is 5.13. The van der Waals surface area contributed by atoms with Gasteiger partial charge in [0.25, 0.3) is 0 Å². The number of piperidine rings is 1. The second-order valence-electron chi connectivity index (χ2n) is 6.35. The van der Waals surface area contributed by atoms with Crippen LogP contribution >= 0.6 is 0 Å². The van der Waals surface area contributed by atoms with E-state index in [1.54, 1.807) is 4.90 Å². The largest absolute Gasteiger partial charge is 0.490 e. The number of urea groups is 1. The Labute approximate surface area is 138 Å². The van der Waals surface area contributed by atoms with E-state index in [0.717, 1.165) is 36.1 Å². The zero-order valence-electron chi connectivity index (χ0n) is 14.3. The molecule has 23 heavy (non-hydrogen) atoms. The third-order valence-corrected chi connectivity index (χ3v) is 4.24. The molecule has 1 aromatic carbocycles. The van der Waals surface area contributed by atoms with E-state index in [0.29, 0.717) is 19.6 Å². The summed E-state index contributed by atoms with van der Waals surface area (Å²) in [5.74, 6) is 0.832. The molecule has 1 aromatic rings. The van der Waals surface area contributed by atoms with Gasteiger partial charge in [0.05, 0.1) is 12.2 Å². The Bertz CT molecular complexity index is 533. The van der Waals surface area contributed by atoms with Gasteiger partial charge in [-0.15, -0.1) is 0 Å². The average Bonchev–Trinajstić information content (AvgIpc) is 2.53. The normalized spacial score (nSPS) is 19.3. The van der Waals surface area contributed by atoms with Crippen LogP contribution in [-0.2, 0) is 6.54 Å². The summed E-state index contributed by atoms with van der Waals surface area (Å²) in [5, 5.41) is 12.6. The molecule has 0 saturated carbocycles. The summed E-state index contributed by atoms with van der Waals surface area (Å²) in [4.78, 5) is 13.9. The molecule has 5 nitrogen and oxygen atoms in total. The number of nitrogens with zero attached hydrogens (tertiary/aromatic N) is 1. The van der Waals surface area contributed by atoms with Crippen molar-refractivity contribution >= 4 is 6.03 Å². The molecule has 0 aliphatic carbocycles. The maximum Gasteiger partial charge on any atom is 0.317 e. The minimum atomic E-state index is -0.404. The summed E-state index contributed by atoms with van der Waals surface area (Å²) in [7, 11) is 0. The molecule has 2 rings (SSSR count). The molecule has 1 heterocycles. The van der Waals surface area contributed by atoms with Gasteiger partial charge in [-0.1, -0.05) is 19.1 Å². The number of carbonyl (C=O) groups excluding carboxylic acids is 1. The monoisotopic (exact) mass is 320 g/mol. The molecule has 0 radical (unpaired) electrons. The van der Waals surface area contributed by atoms with Gasteiger partial charge in [0.15, 0.2) is 0 Å². The SMILES string of the molecule is CCC(C)Oc1cc(C)ccc1CNC(=O)N1CCCC(O)C1. The molecule has 128 valence electrons. The molecular formula is C18H28N2O3. The van der Waals surface area contributed by atoms with E-state index in [1.165, 1.54) is 0 Å². The van der Waals surface area contributed by atoms with Crippen molar-refractivity contribution in [1.82, 2.24) is 10.2 Å². The van der Waals surface area contributed by atoms with E-state index in [2.05, 4.69) is 12.2 Å². The predicted octanol–water partition coefficient (Wildman–Crippen LogP) is 2.84. The molecule has 1 fully saturated rings. The highest BCUT2D eigenvalue weighted by atomic mass is 16.5. The highest BCUT2D eigenvalue weighted by Gasteiger charge is 2.22. The fourth-order valence-electron chi connectivity index (χ4n) is 2.64. The van der Waals surface area contributed by atoms with Gasteiger partial charge in [-0.2, -0.15) is 0 Å².